The number of benzene rings is 2. The molecule has 0 unspecified atom stereocenters. The summed E-state index contributed by atoms with van der Waals surface area (Å²) >= 11 is 2.69. The molecule has 33 heavy (non-hydrogen) atoms. The Morgan fingerprint density at radius 1 is 1.15 bits per heavy atom. The van der Waals surface area contributed by atoms with Gasteiger partial charge in [0.2, 0.25) is 5.91 Å². The van der Waals surface area contributed by atoms with Crippen molar-refractivity contribution in [2.24, 2.45) is 0 Å². The maximum absolute atomic E-state index is 13.0. The van der Waals surface area contributed by atoms with E-state index in [1.54, 1.807) is 12.1 Å². The third-order valence-corrected chi connectivity index (χ3v) is 6.45. The zero-order valence-electron chi connectivity index (χ0n) is 18.1. The van der Waals surface area contributed by atoms with E-state index >= 15 is 0 Å². The number of rotatable bonds is 9. The predicted molar refractivity (Wildman–Crippen MR) is 128 cm³/mol. The molecule has 2 heterocycles. The van der Waals surface area contributed by atoms with Crippen LogP contribution in [0.25, 0.3) is 11.3 Å². The minimum Gasteiger partial charge on any atom is -0.486 e. The number of hydrogen-bond acceptors (Lipinski definition) is 7. The largest absolute Gasteiger partial charge is 0.486 e. The number of ether oxygens (including phenoxy) is 1. The van der Waals surface area contributed by atoms with Gasteiger partial charge >= 0.3 is 0 Å². The van der Waals surface area contributed by atoms with Crippen LogP contribution in [-0.4, -0.2) is 31.4 Å². The molecule has 0 saturated heterocycles. The predicted octanol–water partition coefficient (Wildman–Crippen LogP) is 5.18. The highest BCUT2D eigenvalue weighted by Crippen LogP contribution is 2.26. The van der Waals surface area contributed by atoms with Crippen molar-refractivity contribution in [1.82, 2.24) is 19.7 Å². The summed E-state index contributed by atoms with van der Waals surface area (Å²) in [6.45, 7) is 4.83. The van der Waals surface area contributed by atoms with Gasteiger partial charge in [-0.15, -0.1) is 21.5 Å². The number of thiazole rings is 1. The lowest BCUT2D eigenvalue weighted by molar-refractivity contribution is -0.113. The number of aromatic nitrogens is 4. The first-order valence-corrected chi connectivity index (χ1v) is 12.1. The van der Waals surface area contributed by atoms with Gasteiger partial charge in [-0.25, -0.2) is 9.37 Å². The number of nitrogens with zero attached hydrogens (tertiary/aromatic N) is 4. The molecule has 0 radical (unpaired) electrons. The van der Waals surface area contributed by atoms with E-state index in [-0.39, 0.29) is 24.1 Å². The van der Waals surface area contributed by atoms with E-state index in [4.69, 9.17) is 4.74 Å². The summed E-state index contributed by atoms with van der Waals surface area (Å²) in [6, 6.07) is 13.9. The van der Waals surface area contributed by atoms with Crippen LogP contribution in [0.2, 0.25) is 0 Å². The Morgan fingerprint density at radius 3 is 2.64 bits per heavy atom. The van der Waals surface area contributed by atoms with Crippen LogP contribution in [0, 0.1) is 12.7 Å². The molecule has 0 fully saturated rings. The third-order valence-electron chi connectivity index (χ3n) is 4.72. The molecule has 0 aliphatic carbocycles. The van der Waals surface area contributed by atoms with E-state index in [1.165, 1.54) is 40.8 Å². The van der Waals surface area contributed by atoms with Gasteiger partial charge in [-0.1, -0.05) is 41.6 Å². The number of amides is 1. The molecule has 0 aliphatic rings. The van der Waals surface area contributed by atoms with Crippen LogP contribution in [-0.2, 0) is 17.9 Å². The lowest BCUT2D eigenvalue weighted by atomic mass is 10.1. The molecule has 0 spiro atoms. The van der Waals surface area contributed by atoms with Crippen LogP contribution < -0.4 is 10.1 Å². The van der Waals surface area contributed by atoms with Gasteiger partial charge in [-0.2, -0.15) is 0 Å². The van der Waals surface area contributed by atoms with Crippen LogP contribution in [0.4, 0.5) is 9.52 Å². The van der Waals surface area contributed by atoms with Gasteiger partial charge in [0.25, 0.3) is 0 Å². The molecule has 1 N–H and O–H groups in total. The molecule has 0 saturated carbocycles. The third kappa shape index (κ3) is 5.96. The molecule has 0 bridgehead atoms. The van der Waals surface area contributed by atoms with E-state index in [9.17, 15) is 9.18 Å². The standard InChI is InChI=1S/C23H22FN5O2S2/c1-3-29-20(12-31-18-10-8-17(24)9-11-18)27-28-23(29)33-14-21(30)26-22-25-19(13-32-22)16-6-4-15(2)5-7-16/h4-11,13H,3,12,14H2,1-2H3,(H,25,26,30). The van der Waals surface area contributed by atoms with Gasteiger partial charge < -0.3 is 14.6 Å². The van der Waals surface area contributed by atoms with E-state index in [1.807, 2.05) is 48.1 Å². The summed E-state index contributed by atoms with van der Waals surface area (Å²) in [7, 11) is 0. The number of thioether (sulfide) groups is 1. The summed E-state index contributed by atoms with van der Waals surface area (Å²) in [5, 5.41) is 14.3. The number of carbonyl (C=O) groups excluding carboxylic acids is 1. The molecule has 2 aromatic carbocycles. The number of halogens is 1. The smallest absolute Gasteiger partial charge is 0.236 e. The highest BCUT2D eigenvalue weighted by Gasteiger charge is 2.15. The minimum atomic E-state index is -0.319. The molecule has 10 heteroatoms. The van der Waals surface area contributed by atoms with Crippen LogP contribution >= 0.6 is 23.1 Å². The van der Waals surface area contributed by atoms with Gasteiger partial charge in [-0.3, -0.25) is 4.79 Å². The summed E-state index contributed by atoms with van der Waals surface area (Å²) < 4.78 is 20.6. The zero-order valence-corrected chi connectivity index (χ0v) is 19.8. The van der Waals surface area contributed by atoms with Gasteiger partial charge in [0.05, 0.1) is 11.4 Å². The summed E-state index contributed by atoms with van der Waals surface area (Å²) in [6.07, 6.45) is 0. The average Bonchev–Trinajstić information content (AvgIpc) is 3.44. The van der Waals surface area contributed by atoms with Gasteiger partial charge in [0, 0.05) is 17.5 Å². The number of nitrogens with one attached hydrogen (secondary N) is 1. The first-order chi connectivity index (χ1) is 16.0. The fraction of sp³-hybridized carbons (Fsp3) is 0.217. The highest BCUT2D eigenvalue weighted by atomic mass is 32.2. The fourth-order valence-electron chi connectivity index (χ4n) is 3.00. The van der Waals surface area contributed by atoms with Crippen LogP contribution in [0.5, 0.6) is 5.75 Å². The molecule has 4 rings (SSSR count). The van der Waals surface area contributed by atoms with E-state index < -0.39 is 0 Å². The van der Waals surface area contributed by atoms with Crippen molar-refractivity contribution < 1.29 is 13.9 Å². The second-order valence-electron chi connectivity index (χ2n) is 7.13. The topological polar surface area (TPSA) is 81.9 Å². The SMILES string of the molecule is CCn1c(COc2ccc(F)cc2)nnc1SCC(=O)Nc1nc(-c2ccc(C)cc2)cs1. The van der Waals surface area contributed by atoms with Crippen LogP contribution in [0.15, 0.2) is 59.1 Å². The molecule has 170 valence electrons. The van der Waals surface area contributed by atoms with Gasteiger partial charge in [0.15, 0.2) is 16.1 Å². The number of hydrogen-bond donors (Lipinski definition) is 1. The zero-order chi connectivity index (χ0) is 23.2. The maximum Gasteiger partial charge on any atom is 0.236 e. The van der Waals surface area contributed by atoms with Gasteiger partial charge in [-0.05, 0) is 38.1 Å². The van der Waals surface area contributed by atoms with Crippen molar-refractivity contribution in [2.45, 2.75) is 32.2 Å². The molecular weight excluding hydrogens is 461 g/mol. The Labute approximate surface area is 199 Å². The fourth-order valence-corrected chi connectivity index (χ4v) is 4.56. The number of carbonyl (C=O) groups is 1. The Kier molecular flexibility index (Phi) is 7.36. The quantitative estimate of drug-likeness (QED) is 0.331. The lowest BCUT2D eigenvalue weighted by Gasteiger charge is -2.08. The molecule has 4 aromatic rings. The van der Waals surface area contributed by atoms with Crippen LogP contribution in [0.1, 0.15) is 18.3 Å². The molecule has 1 amide bonds. The summed E-state index contributed by atoms with van der Waals surface area (Å²) in [4.78, 5) is 16.9. The first-order valence-electron chi connectivity index (χ1n) is 10.3. The van der Waals surface area contributed by atoms with Crippen molar-refractivity contribution in [3.63, 3.8) is 0 Å². The van der Waals surface area contributed by atoms with Crippen molar-refractivity contribution in [3.05, 3.63) is 71.1 Å². The molecule has 0 aliphatic heterocycles. The Morgan fingerprint density at radius 2 is 1.91 bits per heavy atom. The Balaban J connectivity index is 1.32. The molecular formula is C23H22FN5O2S2. The average molecular weight is 484 g/mol. The van der Waals surface area contributed by atoms with Crippen molar-refractivity contribution in [2.75, 3.05) is 11.1 Å². The van der Waals surface area contributed by atoms with Crippen molar-refractivity contribution in [1.29, 1.82) is 0 Å². The Hall–Kier alpha value is -3.24. The normalized spacial score (nSPS) is 10.9. The van der Waals surface area contributed by atoms with E-state index in [0.29, 0.717) is 28.4 Å². The summed E-state index contributed by atoms with van der Waals surface area (Å²) in [5.74, 6) is 0.868. The van der Waals surface area contributed by atoms with E-state index in [0.717, 1.165) is 11.3 Å². The highest BCUT2D eigenvalue weighted by molar-refractivity contribution is 7.99. The monoisotopic (exact) mass is 483 g/mol. The number of aryl methyl sites for hydroxylation is 1. The van der Waals surface area contributed by atoms with Crippen LogP contribution in [0.3, 0.4) is 0 Å². The molecule has 2 aromatic heterocycles. The second kappa shape index (κ2) is 10.6. The minimum absolute atomic E-state index is 0.167. The van der Waals surface area contributed by atoms with E-state index in [2.05, 4.69) is 20.5 Å². The van der Waals surface area contributed by atoms with Crippen molar-refractivity contribution >= 4 is 34.1 Å². The second-order valence-corrected chi connectivity index (χ2v) is 8.93. The first kappa shape index (κ1) is 22.9. The Bertz CT molecular complexity index is 1220. The summed E-state index contributed by atoms with van der Waals surface area (Å²) in [5.41, 5.74) is 3.03. The van der Waals surface area contributed by atoms with Gasteiger partial charge in [0.1, 0.15) is 18.2 Å². The van der Waals surface area contributed by atoms with Crippen molar-refractivity contribution in [3.8, 4) is 17.0 Å². The molecule has 0 atom stereocenters. The maximum atomic E-state index is 13.0. The molecule has 7 nitrogen and oxygen atoms in total. The lowest BCUT2D eigenvalue weighted by Crippen LogP contribution is -2.14. The number of anilines is 1.